The molecule has 1 aromatic carbocycles. The third kappa shape index (κ3) is 4.21. The Kier molecular flexibility index (Phi) is 5.41. The zero-order valence-electron chi connectivity index (χ0n) is 14.7. The summed E-state index contributed by atoms with van der Waals surface area (Å²) >= 11 is 0. The summed E-state index contributed by atoms with van der Waals surface area (Å²) in [5.74, 6) is 0.834. The maximum absolute atomic E-state index is 12.6. The third-order valence-electron chi connectivity index (χ3n) is 5.40. The molecule has 1 saturated carbocycles. The molecule has 0 bridgehead atoms. The predicted octanol–water partition coefficient (Wildman–Crippen LogP) is 3.21. The van der Waals surface area contributed by atoms with Crippen molar-refractivity contribution in [2.75, 3.05) is 13.7 Å². The minimum absolute atomic E-state index is 0.0211. The van der Waals surface area contributed by atoms with Crippen LogP contribution in [-0.4, -0.2) is 36.6 Å². The number of amides is 2. The Hall–Kier alpha value is -2.30. The molecule has 3 rings (SSSR count). The van der Waals surface area contributed by atoms with Crippen molar-refractivity contribution >= 4 is 12.0 Å². The summed E-state index contributed by atoms with van der Waals surface area (Å²) in [6.45, 7) is 0.341. The monoisotopic (exact) mass is 342 g/mol. The van der Waals surface area contributed by atoms with Crippen molar-refractivity contribution in [3.05, 3.63) is 47.5 Å². The van der Waals surface area contributed by atoms with E-state index in [-0.39, 0.29) is 11.8 Å². The van der Waals surface area contributed by atoms with Crippen LogP contribution >= 0.6 is 0 Å². The zero-order valence-corrected chi connectivity index (χ0v) is 14.7. The number of nitrogens with zero attached hydrogens (tertiary/aromatic N) is 1. The second-order valence-corrected chi connectivity index (χ2v) is 7.09. The first kappa shape index (κ1) is 17.5. The van der Waals surface area contributed by atoms with Crippen molar-refractivity contribution in [3.63, 3.8) is 0 Å². The molecule has 1 aromatic rings. The van der Waals surface area contributed by atoms with Gasteiger partial charge in [0.1, 0.15) is 0 Å². The number of carbonyl (C=O) groups is 2. The van der Waals surface area contributed by atoms with Gasteiger partial charge in [-0.1, -0.05) is 42.0 Å². The van der Waals surface area contributed by atoms with Gasteiger partial charge in [-0.2, -0.15) is 0 Å². The summed E-state index contributed by atoms with van der Waals surface area (Å²) in [4.78, 5) is 25.0. The fourth-order valence-corrected chi connectivity index (χ4v) is 3.69. The molecule has 2 aliphatic carbocycles. The molecule has 1 fully saturated rings. The maximum Gasteiger partial charge on any atom is 0.404 e. The molecule has 0 heterocycles. The second-order valence-electron chi connectivity index (χ2n) is 7.09. The standard InChI is InChI=1S/C20H26N2O3/c1-22(18-12-16(13-18)15-7-3-2-4-8-15)19(23)17-10-14(11-17)6-5-9-25-20(21)24/h2-4,7-8,10,16-18H,5-6,9,11-13H2,1H3,(H2,21,24)/t16-,17-,18-/m0/s1. The van der Waals surface area contributed by atoms with Gasteiger partial charge in [0.2, 0.25) is 5.91 Å². The van der Waals surface area contributed by atoms with Gasteiger partial charge in [0, 0.05) is 13.1 Å². The molecule has 0 unspecified atom stereocenters. The Morgan fingerprint density at radius 2 is 1.92 bits per heavy atom. The maximum atomic E-state index is 12.6. The normalized spacial score (nSPS) is 24.5. The van der Waals surface area contributed by atoms with E-state index in [0.717, 1.165) is 32.1 Å². The molecule has 2 N–H and O–H groups in total. The number of benzene rings is 1. The third-order valence-corrected chi connectivity index (χ3v) is 5.40. The fraction of sp³-hybridized carbons (Fsp3) is 0.500. The summed E-state index contributed by atoms with van der Waals surface area (Å²) in [7, 11) is 1.93. The molecule has 0 aliphatic heterocycles. The van der Waals surface area contributed by atoms with Crippen molar-refractivity contribution < 1.29 is 14.3 Å². The quantitative estimate of drug-likeness (QED) is 0.611. The van der Waals surface area contributed by atoms with E-state index in [0.29, 0.717) is 18.6 Å². The van der Waals surface area contributed by atoms with Crippen LogP contribution in [0.1, 0.15) is 43.6 Å². The molecule has 5 heteroatoms. The van der Waals surface area contributed by atoms with E-state index < -0.39 is 6.09 Å². The smallest absolute Gasteiger partial charge is 0.404 e. The van der Waals surface area contributed by atoms with Crippen LogP contribution in [0, 0.1) is 5.92 Å². The van der Waals surface area contributed by atoms with Crippen LogP contribution in [-0.2, 0) is 9.53 Å². The van der Waals surface area contributed by atoms with E-state index in [1.165, 1.54) is 11.1 Å². The van der Waals surface area contributed by atoms with Crippen LogP contribution in [0.15, 0.2) is 42.0 Å². The van der Waals surface area contributed by atoms with Crippen LogP contribution in [0.5, 0.6) is 0 Å². The molecule has 0 radical (unpaired) electrons. The van der Waals surface area contributed by atoms with Gasteiger partial charge in [-0.05, 0) is 43.6 Å². The molecular weight excluding hydrogens is 316 g/mol. The van der Waals surface area contributed by atoms with E-state index in [9.17, 15) is 9.59 Å². The average Bonchev–Trinajstić information content (AvgIpc) is 2.51. The van der Waals surface area contributed by atoms with Gasteiger partial charge in [0.25, 0.3) is 0 Å². The van der Waals surface area contributed by atoms with Crippen molar-refractivity contribution in [2.24, 2.45) is 11.7 Å². The summed E-state index contributed by atoms with van der Waals surface area (Å²) < 4.78 is 4.71. The Morgan fingerprint density at radius 3 is 2.56 bits per heavy atom. The highest BCUT2D eigenvalue weighted by Crippen LogP contribution is 2.40. The molecule has 0 spiro atoms. The first-order chi connectivity index (χ1) is 12.0. The number of ether oxygens (including phenoxy) is 1. The fourth-order valence-electron chi connectivity index (χ4n) is 3.69. The van der Waals surface area contributed by atoms with Crippen molar-refractivity contribution in [2.45, 2.75) is 44.1 Å². The van der Waals surface area contributed by atoms with Gasteiger partial charge < -0.3 is 15.4 Å². The Balaban J connectivity index is 1.39. The summed E-state index contributed by atoms with van der Waals surface area (Å²) in [5.41, 5.74) is 7.57. The lowest BCUT2D eigenvalue weighted by atomic mass is 9.74. The van der Waals surface area contributed by atoms with Crippen LogP contribution < -0.4 is 5.73 Å². The van der Waals surface area contributed by atoms with E-state index >= 15 is 0 Å². The topological polar surface area (TPSA) is 72.6 Å². The van der Waals surface area contributed by atoms with E-state index in [1.807, 2.05) is 18.0 Å². The van der Waals surface area contributed by atoms with Crippen LogP contribution in [0.2, 0.25) is 0 Å². The van der Waals surface area contributed by atoms with E-state index in [2.05, 4.69) is 30.3 Å². The number of nitrogens with two attached hydrogens (primary N) is 1. The van der Waals surface area contributed by atoms with Gasteiger partial charge >= 0.3 is 6.09 Å². The highest BCUT2D eigenvalue weighted by Gasteiger charge is 2.37. The highest BCUT2D eigenvalue weighted by atomic mass is 16.5. The van der Waals surface area contributed by atoms with Gasteiger partial charge in [0.05, 0.1) is 12.5 Å². The van der Waals surface area contributed by atoms with Crippen molar-refractivity contribution in [1.29, 1.82) is 0 Å². The van der Waals surface area contributed by atoms with Crippen molar-refractivity contribution in [3.8, 4) is 0 Å². The number of primary amides is 1. The molecule has 0 aromatic heterocycles. The van der Waals surface area contributed by atoms with Crippen LogP contribution in [0.25, 0.3) is 0 Å². The molecule has 5 nitrogen and oxygen atoms in total. The van der Waals surface area contributed by atoms with Gasteiger partial charge in [-0.25, -0.2) is 4.79 Å². The Labute approximate surface area is 148 Å². The molecule has 2 aliphatic rings. The molecule has 1 atom stereocenters. The molecule has 25 heavy (non-hydrogen) atoms. The number of hydrogen-bond donors (Lipinski definition) is 1. The number of rotatable bonds is 7. The first-order valence-electron chi connectivity index (χ1n) is 8.98. The Bertz CT molecular complexity index is 650. The number of hydrogen-bond acceptors (Lipinski definition) is 3. The average molecular weight is 342 g/mol. The lowest BCUT2D eigenvalue weighted by Crippen LogP contribution is -2.47. The number of allylic oxidation sites excluding steroid dienone is 1. The van der Waals surface area contributed by atoms with E-state index in [1.54, 1.807) is 0 Å². The lowest BCUT2D eigenvalue weighted by molar-refractivity contribution is -0.137. The number of carbonyl (C=O) groups excluding carboxylic acids is 2. The minimum Gasteiger partial charge on any atom is -0.450 e. The summed E-state index contributed by atoms with van der Waals surface area (Å²) in [6, 6.07) is 10.9. The van der Waals surface area contributed by atoms with Crippen LogP contribution in [0.3, 0.4) is 0 Å². The van der Waals surface area contributed by atoms with Crippen molar-refractivity contribution in [1.82, 2.24) is 4.90 Å². The highest BCUT2D eigenvalue weighted by molar-refractivity contribution is 5.82. The lowest BCUT2D eigenvalue weighted by Gasteiger charge is -2.43. The summed E-state index contributed by atoms with van der Waals surface area (Å²) in [5, 5.41) is 0. The van der Waals surface area contributed by atoms with Gasteiger partial charge in [-0.3, -0.25) is 4.79 Å². The minimum atomic E-state index is -0.730. The molecular formula is C20H26N2O3. The molecule has 0 saturated heterocycles. The second kappa shape index (κ2) is 7.72. The molecule has 2 amide bonds. The largest absolute Gasteiger partial charge is 0.450 e. The van der Waals surface area contributed by atoms with Crippen LogP contribution in [0.4, 0.5) is 4.79 Å². The first-order valence-corrected chi connectivity index (χ1v) is 8.98. The SMILES string of the molecule is CN(C(=O)[C@H]1C=C(CCCOC(N)=O)C1)[C@H]1C[C@H](c2ccccc2)C1. The Morgan fingerprint density at radius 1 is 1.24 bits per heavy atom. The zero-order chi connectivity index (χ0) is 17.8. The van der Waals surface area contributed by atoms with Gasteiger partial charge in [-0.15, -0.1) is 0 Å². The van der Waals surface area contributed by atoms with E-state index in [4.69, 9.17) is 10.5 Å². The summed E-state index contributed by atoms with van der Waals surface area (Å²) in [6.07, 6.45) is 5.89. The predicted molar refractivity (Wildman–Crippen MR) is 95.9 cm³/mol. The molecule has 134 valence electrons. The van der Waals surface area contributed by atoms with Gasteiger partial charge in [0.15, 0.2) is 0 Å².